The van der Waals surface area contributed by atoms with E-state index in [2.05, 4.69) is 4.98 Å². The van der Waals surface area contributed by atoms with Crippen LogP contribution in [-0.4, -0.2) is 42.8 Å². The topological polar surface area (TPSA) is 60.9 Å². The Morgan fingerprint density at radius 2 is 1.96 bits per heavy atom. The molecular formula is C21H20N2O4. The standard InChI is InChI=1S/C21H20N2O4/c1-25-11-10-23(13-15-6-9-19-20(12-15)27-14-26-19)21(24)18-8-7-16-4-2-3-5-17(16)22-18/h2-9,12H,10-11,13-14H2,1H3. The first kappa shape index (κ1) is 17.3. The molecule has 0 saturated heterocycles. The molecule has 3 aromatic rings. The zero-order chi connectivity index (χ0) is 18.6. The lowest BCUT2D eigenvalue weighted by molar-refractivity contribution is 0.0675. The Bertz CT molecular complexity index is 973. The van der Waals surface area contributed by atoms with Gasteiger partial charge in [0.25, 0.3) is 5.91 Å². The number of carbonyl (C=O) groups excluding carboxylic acids is 1. The van der Waals surface area contributed by atoms with Gasteiger partial charge in [0.2, 0.25) is 6.79 Å². The van der Waals surface area contributed by atoms with Crippen molar-refractivity contribution in [2.75, 3.05) is 27.1 Å². The Morgan fingerprint density at radius 3 is 2.85 bits per heavy atom. The van der Waals surface area contributed by atoms with Crippen molar-refractivity contribution in [1.29, 1.82) is 0 Å². The second-order valence-corrected chi connectivity index (χ2v) is 6.30. The van der Waals surface area contributed by atoms with Crippen molar-refractivity contribution < 1.29 is 19.0 Å². The number of carbonyl (C=O) groups is 1. The van der Waals surface area contributed by atoms with E-state index < -0.39 is 0 Å². The molecule has 1 aliphatic rings. The summed E-state index contributed by atoms with van der Waals surface area (Å²) < 4.78 is 16.0. The molecule has 1 aliphatic heterocycles. The second-order valence-electron chi connectivity index (χ2n) is 6.30. The Morgan fingerprint density at radius 1 is 1.11 bits per heavy atom. The molecule has 0 aliphatic carbocycles. The van der Waals surface area contributed by atoms with Crippen LogP contribution in [0.15, 0.2) is 54.6 Å². The zero-order valence-corrected chi connectivity index (χ0v) is 15.1. The van der Waals surface area contributed by atoms with Crippen LogP contribution in [0.1, 0.15) is 16.1 Å². The fourth-order valence-corrected chi connectivity index (χ4v) is 3.06. The summed E-state index contributed by atoms with van der Waals surface area (Å²) >= 11 is 0. The van der Waals surface area contributed by atoms with Crippen molar-refractivity contribution >= 4 is 16.8 Å². The van der Waals surface area contributed by atoms with Gasteiger partial charge in [0.15, 0.2) is 11.5 Å². The molecule has 1 amide bonds. The van der Waals surface area contributed by atoms with E-state index in [0.29, 0.717) is 31.1 Å². The molecule has 0 N–H and O–H groups in total. The Balaban J connectivity index is 1.59. The number of hydrogen-bond donors (Lipinski definition) is 0. The summed E-state index contributed by atoms with van der Waals surface area (Å²) in [5.74, 6) is 1.30. The highest BCUT2D eigenvalue weighted by atomic mass is 16.7. The molecular weight excluding hydrogens is 344 g/mol. The van der Waals surface area contributed by atoms with E-state index >= 15 is 0 Å². The SMILES string of the molecule is COCCN(Cc1ccc2c(c1)OCO2)C(=O)c1ccc2ccccc2n1. The highest BCUT2D eigenvalue weighted by Gasteiger charge is 2.20. The number of hydrogen-bond acceptors (Lipinski definition) is 5. The third-order valence-corrected chi connectivity index (χ3v) is 4.48. The van der Waals surface area contributed by atoms with E-state index in [9.17, 15) is 4.79 Å². The van der Waals surface area contributed by atoms with Crippen LogP contribution in [0.4, 0.5) is 0 Å². The number of para-hydroxylation sites is 1. The van der Waals surface area contributed by atoms with Gasteiger partial charge in [-0.25, -0.2) is 4.98 Å². The summed E-state index contributed by atoms with van der Waals surface area (Å²) in [4.78, 5) is 19.3. The molecule has 4 rings (SSSR count). The maximum Gasteiger partial charge on any atom is 0.272 e. The summed E-state index contributed by atoms with van der Waals surface area (Å²) in [6.45, 7) is 1.58. The van der Waals surface area contributed by atoms with Gasteiger partial charge in [0.1, 0.15) is 5.69 Å². The molecule has 27 heavy (non-hydrogen) atoms. The number of benzene rings is 2. The van der Waals surface area contributed by atoms with Gasteiger partial charge in [-0.1, -0.05) is 30.3 Å². The van der Waals surface area contributed by atoms with E-state index in [1.165, 1.54) is 0 Å². The summed E-state index contributed by atoms with van der Waals surface area (Å²) in [6, 6.07) is 17.2. The van der Waals surface area contributed by atoms with Crippen molar-refractivity contribution in [3.05, 3.63) is 65.9 Å². The second kappa shape index (κ2) is 7.63. The Kier molecular flexibility index (Phi) is 4.89. The highest BCUT2D eigenvalue weighted by molar-refractivity contribution is 5.94. The molecule has 0 unspecified atom stereocenters. The Labute approximate surface area is 157 Å². The molecule has 6 nitrogen and oxygen atoms in total. The first-order valence-electron chi connectivity index (χ1n) is 8.77. The first-order valence-corrected chi connectivity index (χ1v) is 8.77. The van der Waals surface area contributed by atoms with Gasteiger partial charge in [-0.3, -0.25) is 4.79 Å². The maximum atomic E-state index is 13.1. The third kappa shape index (κ3) is 3.71. The van der Waals surface area contributed by atoms with Gasteiger partial charge in [0.05, 0.1) is 12.1 Å². The minimum Gasteiger partial charge on any atom is -0.454 e. The van der Waals surface area contributed by atoms with Crippen molar-refractivity contribution in [2.45, 2.75) is 6.54 Å². The minimum atomic E-state index is -0.129. The van der Waals surface area contributed by atoms with Crippen LogP contribution in [0.3, 0.4) is 0 Å². The number of aromatic nitrogens is 1. The minimum absolute atomic E-state index is 0.129. The average Bonchev–Trinajstić information content (AvgIpc) is 3.18. The summed E-state index contributed by atoms with van der Waals surface area (Å²) in [7, 11) is 1.62. The largest absolute Gasteiger partial charge is 0.454 e. The number of methoxy groups -OCH3 is 1. The van der Waals surface area contributed by atoms with Crippen LogP contribution in [0.5, 0.6) is 11.5 Å². The highest BCUT2D eigenvalue weighted by Crippen LogP contribution is 2.32. The number of amides is 1. The normalized spacial score (nSPS) is 12.3. The van der Waals surface area contributed by atoms with Crippen LogP contribution >= 0.6 is 0 Å². The smallest absolute Gasteiger partial charge is 0.272 e. The van der Waals surface area contributed by atoms with Crippen molar-refractivity contribution in [3.63, 3.8) is 0 Å². The van der Waals surface area contributed by atoms with Crippen molar-refractivity contribution in [2.24, 2.45) is 0 Å². The van der Waals surface area contributed by atoms with Crippen LogP contribution in [0.2, 0.25) is 0 Å². The lowest BCUT2D eigenvalue weighted by Crippen LogP contribution is -2.34. The monoisotopic (exact) mass is 364 g/mol. The zero-order valence-electron chi connectivity index (χ0n) is 15.1. The number of fused-ring (bicyclic) bond motifs is 2. The number of nitrogens with zero attached hydrogens (tertiary/aromatic N) is 2. The van der Waals surface area contributed by atoms with E-state index in [1.807, 2.05) is 48.5 Å². The molecule has 1 aromatic heterocycles. The molecule has 0 saturated carbocycles. The summed E-state index contributed by atoms with van der Waals surface area (Å²) in [6.07, 6.45) is 0. The fraction of sp³-hybridized carbons (Fsp3) is 0.238. The fourth-order valence-electron chi connectivity index (χ4n) is 3.06. The molecule has 2 heterocycles. The van der Waals surface area contributed by atoms with Crippen molar-refractivity contribution in [3.8, 4) is 11.5 Å². The molecule has 0 spiro atoms. The maximum absolute atomic E-state index is 13.1. The van der Waals surface area contributed by atoms with Gasteiger partial charge in [-0.2, -0.15) is 0 Å². The quantitative estimate of drug-likeness (QED) is 0.672. The molecule has 2 aromatic carbocycles. The molecule has 0 atom stereocenters. The third-order valence-electron chi connectivity index (χ3n) is 4.48. The average molecular weight is 364 g/mol. The van der Waals surface area contributed by atoms with Crippen LogP contribution in [0.25, 0.3) is 10.9 Å². The number of ether oxygens (including phenoxy) is 3. The van der Waals surface area contributed by atoms with Crippen LogP contribution in [0, 0.1) is 0 Å². The van der Waals surface area contributed by atoms with E-state index in [0.717, 1.165) is 22.2 Å². The molecule has 0 fully saturated rings. The molecule has 0 radical (unpaired) electrons. The van der Waals surface area contributed by atoms with E-state index in [-0.39, 0.29) is 12.7 Å². The predicted molar refractivity (Wildman–Crippen MR) is 101 cm³/mol. The van der Waals surface area contributed by atoms with Gasteiger partial charge in [0, 0.05) is 25.6 Å². The summed E-state index contributed by atoms with van der Waals surface area (Å²) in [5, 5.41) is 1.01. The predicted octanol–water partition coefficient (Wildman–Crippen LogP) is 3.25. The van der Waals surface area contributed by atoms with E-state index in [4.69, 9.17) is 14.2 Å². The van der Waals surface area contributed by atoms with Gasteiger partial charge >= 0.3 is 0 Å². The van der Waals surface area contributed by atoms with Crippen molar-refractivity contribution in [1.82, 2.24) is 9.88 Å². The molecule has 0 bridgehead atoms. The lowest BCUT2D eigenvalue weighted by Gasteiger charge is -2.22. The van der Waals surface area contributed by atoms with Gasteiger partial charge < -0.3 is 19.1 Å². The van der Waals surface area contributed by atoms with E-state index in [1.54, 1.807) is 18.1 Å². The van der Waals surface area contributed by atoms with Crippen LogP contribution in [-0.2, 0) is 11.3 Å². The molecule has 6 heteroatoms. The first-order chi connectivity index (χ1) is 13.2. The van der Waals surface area contributed by atoms with Gasteiger partial charge in [-0.15, -0.1) is 0 Å². The Hall–Kier alpha value is -3.12. The lowest BCUT2D eigenvalue weighted by atomic mass is 10.1. The van der Waals surface area contributed by atoms with Gasteiger partial charge in [-0.05, 0) is 29.8 Å². The molecule has 138 valence electrons. The number of rotatable bonds is 6. The summed E-state index contributed by atoms with van der Waals surface area (Å²) in [5.41, 5.74) is 2.19. The van der Waals surface area contributed by atoms with Crippen LogP contribution < -0.4 is 9.47 Å². The number of pyridine rings is 1.